The van der Waals surface area contributed by atoms with Gasteiger partial charge in [-0.15, -0.1) is 0 Å². The molecule has 0 bridgehead atoms. The maximum Gasteiger partial charge on any atom is 0.128 e. The average molecular weight is 311 g/mol. The van der Waals surface area contributed by atoms with Crippen LogP contribution in [0, 0.1) is 0 Å². The first-order chi connectivity index (χ1) is 10.5. The SMILES string of the molecule is CC(C)c1cc(Oc2ccccc2)cc(C(C)C)c1N=C=S. The van der Waals surface area contributed by atoms with Crippen LogP contribution in [0.25, 0.3) is 0 Å². The number of thiocarbonyl (C=S) groups is 1. The molecule has 22 heavy (non-hydrogen) atoms. The zero-order chi connectivity index (χ0) is 16.1. The summed E-state index contributed by atoms with van der Waals surface area (Å²) in [6.45, 7) is 8.59. The van der Waals surface area contributed by atoms with E-state index in [0.717, 1.165) is 28.3 Å². The molecule has 0 N–H and O–H groups in total. The first-order valence-corrected chi connectivity index (χ1v) is 7.92. The molecule has 114 valence electrons. The zero-order valence-corrected chi connectivity index (χ0v) is 14.3. The van der Waals surface area contributed by atoms with Gasteiger partial charge in [-0.25, -0.2) is 0 Å². The number of aliphatic imine (C=N–C) groups is 1. The van der Waals surface area contributed by atoms with Crippen molar-refractivity contribution >= 4 is 23.1 Å². The third kappa shape index (κ3) is 3.82. The van der Waals surface area contributed by atoms with Crippen LogP contribution in [0.15, 0.2) is 47.5 Å². The summed E-state index contributed by atoms with van der Waals surface area (Å²) >= 11 is 4.82. The molecule has 2 rings (SSSR count). The summed E-state index contributed by atoms with van der Waals surface area (Å²) in [5.74, 6) is 2.33. The molecule has 0 aromatic heterocycles. The van der Waals surface area contributed by atoms with Crippen LogP contribution < -0.4 is 4.74 Å². The lowest BCUT2D eigenvalue weighted by molar-refractivity contribution is 0.480. The summed E-state index contributed by atoms with van der Waals surface area (Å²) in [5, 5.41) is 2.51. The van der Waals surface area contributed by atoms with Crippen LogP contribution in [0.4, 0.5) is 5.69 Å². The fourth-order valence-corrected chi connectivity index (χ4v) is 2.48. The Morgan fingerprint density at radius 1 is 0.909 bits per heavy atom. The molecule has 0 saturated carbocycles. The van der Waals surface area contributed by atoms with Crippen molar-refractivity contribution in [2.75, 3.05) is 0 Å². The Labute approximate surface area is 137 Å². The Kier molecular flexibility index (Phi) is 5.48. The van der Waals surface area contributed by atoms with Crippen molar-refractivity contribution in [1.29, 1.82) is 0 Å². The van der Waals surface area contributed by atoms with Crippen LogP contribution in [0.3, 0.4) is 0 Å². The van der Waals surface area contributed by atoms with E-state index in [0.29, 0.717) is 11.8 Å². The van der Waals surface area contributed by atoms with Crippen molar-refractivity contribution in [3.8, 4) is 11.5 Å². The molecule has 0 aliphatic heterocycles. The molecule has 2 aromatic rings. The second-order valence-electron chi connectivity index (χ2n) is 5.88. The number of ether oxygens (including phenoxy) is 1. The number of isothiocyanates is 1. The van der Waals surface area contributed by atoms with E-state index in [1.165, 1.54) is 0 Å². The highest BCUT2D eigenvalue weighted by Gasteiger charge is 2.16. The number of benzene rings is 2. The summed E-state index contributed by atoms with van der Waals surface area (Å²) in [6.07, 6.45) is 0. The van der Waals surface area contributed by atoms with E-state index >= 15 is 0 Å². The van der Waals surface area contributed by atoms with Gasteiger partial charge >= 0.3 is 0 Å². The van der Waals surface area contributed by atoms with E-state index in [1.54, 1.807) is 0 Å². The topological polar surface area (TPSA) is 21.6 Å². The molecule has 0 radical (unpaired) electrons. The summed E-state index contributed by atoms with van der Waals surface area (Å²) in [5.41, 5.74) is 3.20. The predicted molar refractivity (Wildman–Crippen MR) is 95.8 cm³/mol. The third-order valence-corrected chi connectivity index (χ3v) is 3.61. The second-order valence-corrected chi connectivity index (χ2v) is 6.06. The average Bonchev–Trinajstić information content (AvgIpc) is 2.49. The molecule has 2 nitrogen and oxygen atoms in total. The van der Waals surface area contributed by atoms with E-state index in [-0.39, 0.29) is 0 Å². The van der Waals surface area contributed by atoms with E-state index in [2.05, 4.69) is 50.0 Å². The standard InChI is InChI=1S/C19H21NOS/c1-13(2)17-10-16(21-15-8-6-5-7-9-15)11-18(14(3)4)19(17)20-12-22/h5-11,13-14H,1-4H3. The number of hydrogen-bond donors (Lipinski definition) is 0. The molecule has 0 aliphatic rings. The van der Waals surface area contributed by atoms with E-state index < -0.39 is 0 Å². The van der Waals surface area contributed by atoms with E-state index in [9.17, 15) is 0 Å². The molecule has 0 heterocycles. The number of hydrogen-bond acceptors (Lipinski definition) is 3. The number of para-hydroxylation sites is 1. The molecular weight excluding hydrogens is 290 g/mol. The van der Waals surface area contributed by atoms with Gasteiger partial charge in [0.15, 0.2) is 0 Å². The summed E-state index contributed by atoms with van der Waals surface area (Å²) in [4.78, 5) is 4.31. The molecule has 0 amide bonds. The Balaban J connectivity index is 2.54. The van der Waals surface area contributed by atoms with E-state index in [4.69, 9.17) is 17.0 Å². The predicted octanol–water partition coefficient (Wildman–Crippen LogP) is 6.46. The smallest absolute Gasteiger partial charge is 0.128 e. The summed E-state index contributed by atoms with van der Waals surface area (Å²) in [7, 11) is 0. The minimum Gasteiger partial charge on any atom is -0.457 e. The van der Waals surface area contributed by atoms with Gasteiger partial charge in [0.1, 0.15) is 11.5 Å². The molecule has 0 spiro atoms. The molecule has 2 aromatic carbocycles. The maximum atomic E-state index is 6.01. The quantitative estimate of drug-likeness (QED) is 0.467. The Morgan fingerprint density at radius 2 is 1.45 bits per heavy atom. The van der Waals surface area contributed by atoms with Gasteiger partial charge in [-0.2, -0.15) is 4.99 Å². The summed E-state index contributed by atoms with van der Waals surface area (Å²) < 4.78 is 6.01. The monoisotopic (exact) mass is 311 g/mol. The van der Waals surface area contributed by atoms with Crippen LogP contribution in [0.1, 0.15) is 50.7 Å². The molecule has 0 saturated heterocycles. The number of nitrogens with zero attached hydrogens (tertiary/aromatic N) is 1. The van der Waals surface area contributed by atoms with Crippen LogP contribution in [0.5, 0.6) is 11.5 Å². The fourth-order valence-electron chi connectivity index (χ4n) is 2.39. The first-order valence-electron chi connectivity index (χ1n) is 7.51. The van der Waals surface area contributed by atoms with Gasteiger partial charge in [0.2, 0.25) is 0 Å². The van der Waals surface area contributed by atoms with Crippen molar-refractivity contribution < 1.29 is 4.74 Å². The van der Waals surface area contributed by atoms with Gasteiger partial charge in [0.05, 0.1) is 10.8 Å². The van der Waals surface area contributed by atoms with Crippen molar-refractivity contribution in [3.05, 3.63) is 53.6 Å². The van der Waals surface area contributed by atoms with Crippen molar-refractivity contribution in [1.82, 2.24) is 0 Å². The normalized spacial score (nSPS) is 10.6. The van der Waals surface area contributed by atoms with Crippen LogP contribution in [-0.4, -0.2) is 5.16 Å². The molecule has 0 unspecified atom stereocenters. The van der Waals surface area contributed by atoms with Crippen molar-refractivity contribution in [2.24, 2.45) is 4.99 Å². The van der Waals surface area contributed by atoms with Gasteiger partial charge in [-0.1, -0.05) is 45.9 Å². The van der Waals surface area contributed by atoms with Crippen LogP contribution in [-0.2, 0) is 0 Å². The highest BCUT2D eigenvalue weighted by atomic mass is 32.1. The fraction of sp³-hybridized carbons (Fsp3) is 0.316. The van der Waals surface area contributed by atoms with Gasteiger partial charge in [0.25, 0.3) is 0 Å². The van der Waals surface area contributed by atoms with Crippen molar-refractivity contribution in [3.63, 3.8) is 0 Å². The van der Waals surface area contributed by atoms with Crippen LogP contribution >= 0.6 is 12.2 Å². The first kappa shape index (κ1) is 16.4. The molecule has 0 fully saturated rings. The van der Waals surface area contributed by atoms with Crippen LogP contribution in [0.2, 0.25) is 0 Å². The minimum absolute atomic E-state index is 0.332. The number of rotatable bonds is 5. The molecule has 0 atom stereocenters. The van der Waals surface area contributed by atoms with Gasteiger partial charge in [-0.3, -0.25) is 0 Å². The zero-order valence-electron chi connectivity index (χ0n) is 13.5. The maximum absolute atomic E-state index is 6.01. The summed E-state index contributed by atoms with van der Waals surface area (Å²) in [6, 6.07) is 13.9. The largest absolute Gasteiger partial charge is 0.457 e. The lowest BCUT2D eigenvalue weighted by atomic mass is 9.92. The Hall–Kier alpha value is -1.96. The molecule has 3 heteroatoms. The van der Waals surface area contributed by atoms with Crippen molar-refractivity contribution in [2.45, 2.75) is 39.5 Å². The highest BCUT2D eigenvalue weighted by Crippen LogP contribution is 2.39. The Morgan fingerprint density at radius 3 is 1.91 bits per heavy atom. The Bertz CT molecular complexity index is 657. The molecular formula is C19H21NOS. The minimum atomic E-state index is 0.332. The second kappa shape index (κ2) is 7.35. The lowest BCUT2D eigenvalue weighted by Gasteiger charge is -2.18. The van der Waals surface area contributed by atoms with Gasteiger partial charge in [0, 0.05) is 0 Å². The highest BCUT2D eigenvalue weighted by molar-refractivity contribution is 7.78. The third-order valence-electron chi connectivity index (χ3n) is 3.52. The molecule has 0 aliphatic carbocycles. The van der Waals surface area contributed by atoms with Gasteiger partial charge < -0.3 is 4.74 Å². The van der Waals surface area contributed by atoms with Gasteiger partial charge in [-0.05, 0) is 59.4 Å². The lowest BCUT2D eigenvalue weighted by Crippen LogP contribution is -1.97. The van der Waals surface area contributed by atoms with E-state index in [1.807, 2.05) is 30.3 Å².